The Bertz CT molecular complexity index is 558. The van der Waals surface area contributed by atoms with Gasteiger partial charge in [-0.25, -0.2) is 8.42 Å². The third-order valence-corrected chi connectivity index (χ3v) is 4.25. The second-order valence-electron chi connectivity index (χ2n) is 3.06. The second kappa shape index (κ2) is 5.22. The van der Waals surface area contributed by atoms with Gasteiger partial charge in [0.2, 0.25) is 15.4 Å². The van der Waals surface area contributed by atoms with E-state index in [2.05, 4.69) is 26.2 Å². The smallest absolute Gasteiger partial charge is 0.270 e. The second-order valence-corrected chi connectivity index (χ2v) is 5.93. The lowest BCUT2D eigenvalue weighted by Crippen LogP contribution is -2.31. The number of aromatic nitrogens is 2. The average Bonchev–Trinajstić information content (AvgIpc) is 2.65. The molecule has 0 bridgehead atoms. The van der Waals surface area contributed by atoms with Gasteiger partial charge in [0.15, 0.2) is 0 Å². The summed E-state index contributed by atoms with van der Waals surface area (Å²) in [7, 11) is -3.79. The molecule has 0 saturated carbocycles. The summed E-state index contributed by atoms with van der Waals surface area (Å²) in [5, 5.41) is 9.44. The van der Waals surface area contributed by atoms with Crippen LogP contribution in [0.3, 0.4) is 0 Å². The zero-order chi connectivity index (χ0) is 13.1. The molecular formula is C8H10N4O3S2. The van der Waals surface area contributed by atoms with Crippen molar-refractivity contribution in [1.29, 1.82) is 0 Å². The van der Waals surface area contributed by atoms with Gasteiger partial charge in [-0.2, -0.15) is 4.72 Å². The van der Waals surface area contributed by atoms with Crippen molar-refractivity contribution in [3.63, 3.8) is 0 Å². The van der Waals surface area contributed by atoms with Crippen LogP contribution in [0.4, 0.5) is 5.13 Å². The van der Waals surface area contributed by atoms with E-state index in [4.69, 9.17) is 6.42 Å². The van der Waals surface area contributed by atoms with Gasteiger partial charge in [0, 0.05) is 6.92 Å². The molecule has 0 fully saturated rings. The minimum Gasteiger partial charge on any atom is -0.301 e. The van der Waals surface area contributed by atoms with Gasteiger partial charge in [0.25, 0.3) is 10.0 Å². The summed E-state index contributed by atoms with van der Waals surface area (Å²) in [5.41, 5.74) is 0. The summed E-state index contributed by atoms with van der Waals surface area (Å²) >= 11 is 0.747. The number of terminal acetylenes is 1. The summed E-state index contributed by atoms with van der Waals surface area (Å²) in [6, 6.07) is -0.645. The highest BCUT2D eigenvalue weighted by Crippen LogP contribution is 2.19. The molecule has 17 heavy (non-hydrogen) atoms. The average molecular weight is 274 g/mol. The Labute approximate surface area is 103 Å². The molecule has 7 nitrogen and oxygen atoms in total. The lowest BCUT2D eigenvalue weighted by molar-refractivity contribution is -0.114. The third kappa shape index (κ3) is 3.77. The Balaban J connectivity index is 2.90. The van der Waals surface area contributed by atoms with E-state index >= 15 is 0 Å². The summed E-state index contributed by atoms with van der Waals surface area (Å²) in [6.45, 7) is 2.81. The van der Waals surface area contributed by atoms with Crippen LogP contribution in [0.1, 0.15) is 13.8 Å². The van der Waals surface area contributed by atoms with Crippen molar-refractivity contribution < 1.29 is 13.2 Å². The van der Waals surface area contributed by atoms with Crippen LogP contribution < -0.4 is 10.0 Å². The Morgan fingerprint density at radius 3 is 2.71 bits per heavy atom. The molecule has 0 saturated heterocycles. The first-order valence-electron chi connectivity index (χ1n) is 4.44. The fourth-order valence-electron chi connectivity index (χ4n) is 0.837. The largest absolute Gasteiger partial charge is 0.301 e. The fraction of sp³-hybridized carbons (Fsp3) is 0.375. The van der Waals surface area contributed by atoms with Crippen molar-refractivity contribution >= 4 is 32.4 Å². The predicted molar refractivity (Wildman–Crippen MR) is 62.8 cm³/mol. The van der Waals surface area contributed by atoms with Crippen LogP contribution >= 0.6 is 11.3 Å². The lowest BCUT2D eigenvalue weighted by Gasteiger charge is -2.04. The van der Waals surface area contributed by atoms with E-state index in [1.807, 2.05) is 0 Å². The molecule has 1 heterocycles. The predicted octanol–water partition coefficient (Wildman–Crippen LogP) is -0.204. The van der Waals surface area contributed by atoms with E-state index < -0.39 is 16.1 Å². The quantitative estimate of drug-likeness (QED) is 0.584. The van der Waals surface area contributed by atoms with E-state index in [0.29, 0.717) is 0 Å². The first kappa shape index (κ1) is 13.6. The molecular weight excluding hydrogens is 264 g/mol. The van der Waals surface area contributed by atoms with Crippen molar-refractivity contribution in [3.8, 4) is 12.3 Å². The van der Waals surface area contributed by atoms with E-state index in [-0.39, 0.29) is 15.4 Å². The van der Waals surface area contributed by atoms with Crippen LogP contribution in [0, 0.1) is 12.3 Å². The Kier molecular flexibility index (Phi) is 4.17. The van der Waals surface area contributed by atoms with Crippen molar-refractivity contribution in [2.24, 2.45) is 0 Å². The van der Waals surface area contributed by atoms with Crippen molar-refractivity contribution in [1.82, 2.24) is 14.9 Å². The van der Waals surface area contributed by atoms with Gasteiger partial charge in [-0.1, -0.05) is 17.3 Å². The summed E-state index contributed by atoms with van der Waals surface area (Å²) in [6.07, 6.45) is 5.06. The molecule has 1 amide bonds. The summed E-state index contributed by atoms with van der Waals surface area (Å²) in [4.78, 5) is 10.7. The van der Waals surface area contributed by atoms with Gasteiger partial charge in [-0.15, -0.1) is 16.6 Å². The monoisotopic (exact) mass is 274 g/mol. The van der Waals surface area contributed by atoms with Crippen LogP contribution in [0.2, 0.25) is 0 Å². The summed E-state index contributed by atoms with van der Waals surface area (Å²) < 4.78 is 25.4. The normalized spacial score (nSPS) is 12.8. The van der Waals surface area contributed by atoms with Gasteiger partial charge in [-0.3, -0.25) is 4.79 Å². The Morgan fingerprint density at radius 2 is 2.18 bits per heavy atom. The highest BCUT2D eigenvalue weighted by Gasteiger charge is 2.21. The molecule has 0 aromatic carbocycles. The van der Waals surface area contributed by atoms with E-state index in [9.17, 15) is 13.2 Å². The number of carbonyl (C=O) groups is 1. The molecule has 2 N–H and O–H groups in total. The molecule has 0 spiro atoms. The Hall–Kier alpha value is -1.50. The van der Waals surface area contributed by atoms with Crippen LogP contribution in [-0.2, 0) is 14.8 Å². The maximum absolute atomic E-state index is 11.7. The molecule has 1 rings (SSSR count). The number of hydrogen-bond acceptors (Lipinski definition) is 6. The van der Waals surface area contributed by atoms with Gasteiger partial charge in [-0.05, 0) is 6.92 Å². The number of anilines is 1. The van der Waals surface area contributed by atoms with Crippen molar-refractivity contribution in [3.05, 3.63) is 0 Å². The standard InChI is InChI=1S/C8H10N4O3S2/c1-4-5(2)12-17(14,15)8-11-10-7(16-8)9-6(3)13/h1,5,12H,2-3H3,(H,9,10,13). The number of rotatable bonds is 4. The number of amides is 1. The number of hydrogen-bond donors (Lipinski definition) is 2. The maximum atomic E-state index is 11.7. The molecule has 0 aliphatic carbocycles. The number of nitrogens with zero attached hydrogens (tertiary/aromatic N) is 2. The van der Waals surface area contributed by atoms with E-state index in [0.717, 1.165) is 11.3 Å². The zero-order valence-corrected chi connectivity index (χ0v) is 10.7. The number of sulfonamides is 1. The van der Waals surface area contributed by atoms with Gasteiger partial charge in [0.05, 0.1) is 6.04 Å². The molecule has 0 aliphatic rings. The van der Waals surface area contributed by atoms with E-state index in [1.54, 1.807) is 0 Å². The first-order valence-corrected chi connectivity index (χ1v) is 6.74. The fourth-order valence-corrected chi connectivity index (χ4v) is 2.96. The molecule has 0 radical (unpaired) electrons. The zero-order valence-electron chi connectivity index (χ0n) is 9.09. The summed E-state index contributed by atoms with van der Waals surface area (Å²) in [5.74, 6) is 1.87. The third-order valence-electron chi connectivity index (χ3n) is 1.50. The minimum absolute atomic E-state index is 0.117. The molecule has 0 aliphatic heterocycles. The number of nitrogens with one attached hydrogen (secondary N) is 2. The highest BCUT2D eigenvalue weighted by molar-refractivity contribution is 7.91. The Morgan fingerprint density at radius 1 is 1.53 bits per heavy atom. The van der Waals surface area contributed by atoms with Crippen LogP contribution in [0.15, 0.2) is 4.34 Å². The van der Waals surface area contributed by atoms with Gasteiger partial charge < -0.3 is 5.32 Å². The molecule has 1 unspecified atom stereocenters. The van der Waals surface area contributed by atoms with Gasteiger partial charge in [0.1, 0.15) is 0 Å². The van der Waals surface area contributed by atoms with Crippen LogP contribution in [-0.4, -0.2) is 30.6 Å². The SMILES string of the molecule is C#CC(C)NS(=O)(=O)c1nnc(NC(C)=O)s1. The van der Waals surface area contributed by atoms with Gasteiger partial charge >= 0.3 is 0 Å². The maximum Gasteiger partial charge on any atom is 0.270 e. The van der Waals surface area contributed by atoms with Crippen LogP contribution in [0.5, 0.6) is 0 Å². The van der Waals surface area contributed by atoms with Crippen molar-refractivity contribution in [2.45, 2.75) is 24.2 Å². The molecule has 9 heteroatoms. The van der Waals surface area contributed by atoms with E-state index in [1.165, 1.54) is 13.8 Å². The number of carbonyl (C=O) groups excluding carboxylic acids is 1. The minimum atomic E-state index is -3.79. The topological polar surface area (TPSA) is 101 Å². The molecule has 1 atom stereocenters. The molecule has 92 valence electrons. The molecule has 1 aromatic rings. The first-order chi connectivity index (χ1) is 7.85. The van der Waals surface area contributed by atoms with Crippen LogP contribution in [0.25, 0.3) is 0 Å². The highest BCUT2D eigenvalue weighted by atomic mass is 32.2. The molecule has 1 aromatic heterocycles. The van der Waals surface area contributed by atoms with Crippen molar-refractivity contribution in [2.75, 3.05) is 5.32 Å². The lowest BCUT2D eigenvalue weighted by atomic mass is 10.4.